The van der Waals surface area contributed by atoms with E-state index in [1.165, 1.54) is 31.4 Å². The molecule has 1 aliphatic heterocycles. The van der Waals surface area contributed by atoms with Crippen LogP contribution in [0.15, 0.2) is 110 Å². The Morgan fingerprint density at radius 3 is 1.80 bits per heavy atom. The molecule has 7 atom stereocenters. The number of hydrogen-bond acceptors (Lipinski definition) is 10. The molecule has 0 bridgehead atoms. The van der Waals surface area contributed by atoms with Crippen molar-refractivity contribution in [3.8, 4) is 6.07 Å². The van der Waals surface area contributed by atoms with Crippen LogP contribution in [0.4, 0.5) is 10.5 Å². The molecule has 1 aliphatic rings. The summed E-state index contributed by atoms with van der Waals surface area (Å²) in [7, 11) is 1.32. The summed E-state index contributed by atoms with van der Waals surface area (Å²) in [5.74, 6) is -2.66. The zero-order valence-electron chi connectivity index (χ0n) is 27.9. The van der Waals surface area contributed by atoms with E-state index >= 15 is 0 Å². The second kappa shape index (κ2) is 19.0. The van der Waals surface area contributed by atoms with Crippen molar-refractivity contribution >= 4 is 23.7 Å². The first-order chi connectivity index (χ1) is 24.3. The van der Waals surface area contributed by atoms with E-state index in [1.807, 2.05) is 66.7 Å². The minimum Gasteiger partial charge on any atom is -0.454 e. The molecule has 1 heterocycles. The Bertz CT molecular complexity index is 1610. The van der Waals surface area contributed by atoms with Gasteiger partial charge in [-0.15, -0.1) is 13.2 Å². The molecule has 0 aliphatic carbocycles. The van der Waals surface area contributed by atoms with Crippen molar-refractivity contribution in [1.29, 1.82) is 5.26 Å². The predicted molar refractivity (Wildman–Crippen MR) is 184 cm³/mol. The third-order valence-electron chi connectivity index (χ3n) is 8.23. The van der Waals surface area contributed by atoms with Gasteiger partial charge in [-0.3, -0.25) is 14.9 Å². The first kappa shape index (κ1) is 37.5. The van der Waals surface area contributed by atoms with Gasteiger partial charge in [0.1, 0.15) is 6.10 Å². The number of benzene rings is 3. The first-order valence-electron chi connectivity index (χ1n) is 16.3. The number of rotatable bonds is 16. The number of amides is 1. The lowest BCUT2D eigenvalue weighted by molar-refractivity contribution is -0.300. The molecular formula is C39H42N2O9. The highest BCUT2D eigenvalue weighted by Crippen LogP contribution is 2.32. The molecule has 1 amide bonds. The highest BCUT2D eigenvalue weighted by molar-refractivity contribution is 5.85. The molecule has 4 rings (SSSR count). The Hall–Kier alpha value is -5.28. The Labute approximate surface area is 292 Å². The van der Waals surface area contributed by atoms with Crippen LogP contribution in [0, 0.1) is 23.2 Å². The van der Waals surface area contributed by atoms with Crippen LogP contribution >= 0.6 is 0 Å². The highest BCUT2D eigenvalue weighted by atomic mass is 16.7. The molecule has 3 aromatic rings. The Morgan fingerprint density at radius 1 is 0.820 bits per heavy atom. The molecule has 0 spiro atoms. The summed E-state index contributed by atoms with van der Waals surface area (Å²) in [6.07, 6.45) is -3.39. The molecular weight excluding hydrogens is 640 g/mol. The van der Waals surface area contributed by atoms with Gasteiger partial charge in [-0.25, -0.2) is 4.79 Å². The van der Waals surface area contributed by atoms with Gasteiger partial charge in [0.05, 0.1) is 30.1 Å². The fraction of sp³-hybridized carbons (Fsp3) is 0.333. The van der Waals surface area contributed by atoms with Crippen LogP contribution in [-0.2, 0) is 46.1 Å². The zero-order valence-corrected chi connectivity index (χ0v) is 27.9. The van der Waals surface area contributed by atoms with Crippen LogP contribution in [0.5, 0.6) is 0 Å². The van der Waals surface area contributed by atoms with E-state index in [0.29, 0.717) is 24.1 Å². The summed E-state index contributed by atoms with van der Waals surface area (Å²) in [6.45, 7) is 6.94. The number of nitrogens with zero attached hydrogens (tertiary/aromatic N) is 1. The van der Waals surface area contributed by atoms with Gasteiger partial charge in [0.25, 0.3) is 0 Å². The Balaban J connectivity index is 1.67. The van der Waals surface area contributed by atoms with Crippen molar-refractivity contribution in [1.82, 2.24) is 0 Å². The van der Waals surface area contributed by atoms with Crippen LogP contribution in [0.1, 0.15) is 29.5 Å². The normalized spacial score (nSPS) is 21.0. The number of esters is 2. The second-order valence-corrected chi connectivity index (χ2v) is 11.8. The molecule has 1 fully saturated rings. The summed E-state index contributed by atoms with van der Waals surface area (Å²) >= 11 is 0. The van der Waals surface area contributed by atoms with Crippen molar-refractivity contribution in [2.75, 3.05) is 19.0 Å². The number of allylic oxidation sites excluding steroid dienone is 2. The summed E-state index contributed by atoms with van der Waals surface area (Å²) in [5, 5.41) is 22.0. The largest absolute Gasteiger partial charge is 0.454 e. The maximum absolute atomic E-state index is 13.9. The second-order valence-electron chi connectivity index (χ2n) is 11.8. The monoisotopic (exact) mass is 682 g/mol. The SMILES string of the molecule is C=CC[C@@H](Cc1ccccc1)C(=O)O[C@H]1[C@@H](OC(=O)Nc2ccc(C#N)cc2)[C@@H](CO)O[C@H](OC)[C@@H]1OC(=O)[C@@H](CC=C)Cc1ccccc1. The summed E-state index contributed by atoms with van der Waals surface area (Å²) in [4.78, 5) is 41.0. The summed E-state index contributed by atoms with van der Waals surface area (Å²) in [5.41, 5.74) is 2.49. The van der Waals surface area contributed by atoms with Crippen LogP contribution in [0.3, 0.4) is 0 Å². The van der Waals surface area contributed by atoms with Gasteiger partial charge in [-0.2, -0.15) is 5.26 Å². The number of methoxy groups -OCH3 is 1. The van der Waals surface area contributed by atoms with E-state index in [0.717, 1.165) is 11.1 Å². The van der Waals surface area contributed by atoms with Crippen molar-refractivity contribution in [2.45, 2.75) is 56.4 Å². The molecule has 0 radical (unpaired) electrons. The number of hydrogen-bond donors (Lipinski definition) is 2. The fourth-order valence-electron chi connectivity index (χ4n) is 5.70. The highest BCUT2D eigenvalue weighted by Gasteiger charge is 2.53. The van der Waals surface area contributed by atoms with Gasteiger partial charge >= 0.3 is 18.0 Å². The van der Waals surface area contributed by atoms with E-state index in [9.17, 15) is 19.5 Å². The van der Waals surface area contributed by atoms with Crippen molar-refractivity contribution in [3.63, 3.8) is 0 Å². The third-order valence-corrected chi connectivity index (χ3v) is 8.23. The van der Waals surface area contributed by atoms with Crippen molar-refractivity contribution in [3.05, 3.63) is 127 Å². The fourth-order valence-corrected chi connectivity index (χ4v) is 5.70. The standard InChI is InChI=1S/C39H42N2O9/c1-4-12-29(22-26-14-8-6-9-15-26)36(43)48-34-33(50-39(45)41-31-20-18-28(24-40)19-21-31)32(25-42)47-38(46-3)35(34)49-37(44)30(13-5-2)23-27-16-10-7-11-17-27/h4-11,14-21,29-30,32-35,38,42H,1-2,12-13,22-23,25H2,3H3,(H,41,45)/t29-,30-,32+,33-,34-,35+,38-/m0/s1. The zero-order chi connectivity index (χ0) is 35.9. The van der Waals surface area contributed by atoms with Gasteiger partial charge in [0, 0.05) is 12.8 Å². The number of carbonyl (C=O) groups excluding carboxylic acids is 3. The molecule has 262 valence electrons. The Kier molecular flexibility index (Phi) is 14.3. The van der Waals surface area contributed by atoms with E-state index in [2.05, 4.69) is 18.5 Å². The van der Waals surface area contributed by atoms with Crippen LogP contribution in [0.25, 0.3) is 0 Å². The van der Waals surface area contributed by atoms with E-state index in [4.69, 9.17) is 28.9 Å². The predicted octanol–water partition coefficient (Wildman–Crippen LogP) is 5.53. The molecule has 3 aromatic carbocycles. The van der Waals surface area contributed by atoms with Gasteiger partial charge in [0.2, 0.25) is 0 Å². The smallest absolute Gasteiger partial charge is 0.412 e. The summed E-state index contributed by atoms with van der Waals surface area (Å²) < 4.78 is 29.4. The average molecular weight is 683 g/mol. The molecule has 0 saturated carbocycles. The van der Waals surface area contributed by atoms with Gasteiger partial charge in [-0.1, -0.05) is 72.8 Å². The summed E-state index contributed by atoms with van der Waals surface area (Å²) in [6, 6.07) is 26.8. The van der Waals surface area contributed by atoms with Crippen LogP contribution in [0.2, 0.25) is 0 Å². The van der Waals surface area contributed by atoms with Gasteiger partial charge in [-0.05, 0) is 61.1 Å². The van der Waals surface area contributed by atoms with Crippen molar-refractivity contribution in [2.24, 2.45) is 11.8 Å². The maximum Gasteiger partial charge on any atom is 0.412 e. The van der Waals surface area contributed by atoms with Crippen LogP contribution < -0.4 is 5.32 Å². The van der Waals surface area contributed by atoms with Crippen molar-refractivity contribution < 1.29 is 43.2 Å². The quantitative estimate of drug-likeness (QED) is 0.112. The van der Waals surface area contributed by atoms with Gasteiger partial charge < -0.3 is 28.8 Å². The lowest BCUT2D eigenvalue weighted by atomic mass is 9.94. The van der Waals surface area contributed by atoms with E-state index < -0.39 is 67.2 Å². The first-order valence-corrected chi connectivity index (χ1v) is 16.3. The number of anilines is 1. The number of aliphatic hydroxyl groups is 1. The topological polar surface area (TPSA) is 153 Å². The number of nitriles is 1. The molecule has 50 heavy (non-hydrogen) atoms. The number of aliphatic hydroxyl groups excluding tert-OH is 1. The molecule has 11 nitrogen and oxygen atoms in total. The average Bonchev–Trinajstić information content (AvgIpc) is 3.13. The minimum atomic E-state index is -1.46. The lowest BCUT2D eigenvalue weighted by Crippen LogP contribution is -2.63. The molecule has 0 unspecified atom stereocenters. The lowest BCUT2D eigenvalue weighted by Gasteiger charge is -2.44. The molecule has 0 aromatic heterocycles. The van der Waals surface area contributed by atoms with Gasteiger partial charge in [0.15, 0.2) is 24.6 Å². The molecule has 2 N–H and O–H groups in total. The number of carbonyl (C=O) groups is 3. The third kappa shape index (κ3) is 10.4. The number of nitrogens with one attached hydrogen (secondary N) is 1. The molecule has 11 heteroatoms. The maximum atomic E-state index is 13.9. The number of ether oxygens (including phenoxy) is 5. The molecule has 1 saturated heterocycles. The van der Waals surface area contributed by atoms with E-state index in [1.54, 1.807) is 12.2 Å². The van der Waals surface area contributed by atoms with E-state index in [-0.39, 0.29) is 12.8 Å². The van der Waals surface area contributed by atoms with Crippen LogP contribution in [-0.4, -0.2) is 67.6 Å². The Morgan fingerprint density at radius 2 is 1.34 bits per heavy atom. The minimum absolute atomic E-state index is 0.266.